The van der Waals surface area contributed by atoms with Crippen LogP contribution in [0.2, 0.25) is 0 Å². The Morgan fingerprint density at radius 3 is 2.48 bits per heavy atom. The van der Waals surface area contributed by atoms with Crippen LogP contribution >= 0.6 is 0 Å². The molecule has 21 heavy (non-hydrogen) atoms. The lowest BCUT2D eigenvalue weighted by atomic mass is 10.0. The SMILES string of the molecule is CCN(Cc1c(O)ccc2ccccc12)C(C)CN(C)C. The van der Waals surface area contributed by atoms with Gasteiger partial charge in [0.1, 0.15) is 5.75 Å². The summed E-state index contributed by atoms with van der Waals surface area (Å²) in [6, 6.07) is 12.5. The Bertz CT molecular complexity index is 595. The van der Waals surface area contributed by atoms with Gasteiger partial charge < -0.3 is 10.0 Å². The first kappa shape index (κ1) is 15.8. The molecule has 2 aromatic rings. The molecule has 0 aromatic heterocycles. The molecule has 3 heteroatoms. The van der Waals surface area contributed by atoms with E-state index >= 15 is 0 Å². The summed E-state index contributed by atoms with van der Waals surface area (Å²) >= 11 is 0. The predicted molar refractivity (Wildman–Crippen MR) is 89.7 cm³/mol. The van der Waals surface area contributed by atoms with E-state index in [9.17, 15) is 5.11 Å². The molecule has 114 valence electrons. The standard InChI is InChI=1S/C18H26N2O/c1-5-20(14(2)12-19(3)4)13-17-16-9-7-6-8-15(16)10-11-18(17)21/h6-11,14,21H,5,12-13H2,1-4H3. The minimum atomic E-state index is 0.393. The van der Waals surface area contributed by atoms with E-state index in [0.717, 1.165) is 30.6 Å². The molecule has 3 nitrogen and oxygen atoms in total. The summed E-state index contributed by atoms with van der Waals surface area (Å²) in [5.41, 5.74) is 1.03. The predicted octanol–water partition coefficient (Wildman–Crippen LogP) is 3.32. The number of benzene rings is 2. The van der Waals surface area contributed by atoms with Crippen molar-refractivity contribution in [2.75, 3.05) is 27.2 Å². The Morgan fingerprint density at radius 1 is 1.10 bits per heavy atom. The van der Waals surface area contributed by atoms with Crippen LogP contribution in [0.5, 0.6) is 5.75 Å². The van der Waals surface area contributed by atoms with E-state index in [0.29, 0.717) is 11.8 Å². The minimum absolute atomic E-state index is 0.393. The highest BCUT2D eigenvalue weighted by molar-refractivity contribution is 5.87. The molecule has 0 saturated heterocycles. The Morgan fingerprint density at radius 2 is 1.81 bits per heavy atom. The Labute approximate surface area is 127 Å². The molecule has 1 atom stereocenters. The first-order chi connectivity index (χ1) is 10.0. The summed E-state index contributed by atoms with van der Waals surface area (Å²) in [6.07, 6.45) is 0. The first-order valence-corrected chi connectivity index (χ1v) is 7.61. The molecule has 0 aliphatic rings. The third kappa shape index (κ3) is 3.74. The van der Waals surface area contributed by atoms with Crippen molar-refractivity contribution in [1.29, 1.82) is 0 Å². The van der Waals surface area contributed by atoms with E-state index in [-0.39, 0.29) is 0 Å². The fourth-order valence-electron chi connectivity index (χ4n) is 2.92. The van der Waals surface area contributed by atoms with Gasteiger partial charge in [0.05, 0.1) is 0 Å². The number of aromatic hydroxyl groups is 1. The largest absolute Gasteiger partial charge is 0.508 e. The fourth-order valence-corrected chi connectivity index (χ4v) is 2.92. The summed E-state index contributed by atoms with van der Waals surface area (Å²) in [4.78, 5) is 4.61. The van der Waals surface area contributed by atoms with Crippen LogP contribution in [0.25, 0.3) is 10.8 Å². The van der Waals surface area contributed by atoms with Gasteiger partial charge in [0, 0.05) is 24.7 Å². The van der Waals surface area contributed by atoms with E-state index < -0.39 is 0 Å². The van der Waals surface area contributed by atoms with Gasteiger partial charge >= 0.3 is 0 Å². The summed E-state index contributed by atoms with van der Waals surface area (Å²) in [7, 11) is 4.19. The second kappa shape index (κ2) is 6.92. The fraction of sp³-hybridized carbons (Fsp3) is 0.444. The second-order valence-corrected chi connectivity index (χ2v) is 5.96. The third-order valence-electron chi connectivity index (χ3n) is 4.04. The lowest BCUT2D eigenvalue weighted by Gasteiger charge is -2.30. The maximum atomic E-state index is 10.3. The van der Waals surface area contributed by atoms with E-state index in [1.165, 1.54) is 5.39 Å². The van der Waals surface area contributed by atoms with Crippen molar-refractivity contribution in [3.8, 4) is 5.75 Å². The van der Waals surface area contributed by atoms with Crippen LogP contribution in [0, 0.1) is 0 Å². The molecule has 0 radical (unpaired) electrons. The van der Waals surface area contributed by atoms with E-state index in [4.69, 9.17) is 0 Å². The van der Waals surface area contributed by atoms with Gasteiger partial charge in [-0.3, -0.25) is 4.90 Å². The van der Waals surface area contributed by atoms with Gasteiger partial charge in [-0.1, -0.05) is 37.3 Å². The summed E-state index contributed by atoms with van der Waals surface area (Å²) in [5.74, 6) is 0.393. The van der Waals surface area contributed by atoms with E-state index in [2.05, 4.69) is 49.9 Å². The van der Waals surface area contributed by atoms with Gasteiger partial charge in [-0.2, -0.15) is 0 Å². The molecule has 0 spiro atoms. The zero-order valence-corrected chi connectivity index (χ0v) is 13.5. The monoisotopic (exact) mass is 286 g/mol. The molecule has 0 amide bonds. The molecule has 2 rings (SSSR count). The number of rotatable bonds is 6. The number of phenolic OH excluding ortho intramolecular Hbond substituents is 1. The molecular weight excluding hydrogens is 260 g/mol. The van der Waals surface area contributed by atoms with E-state index in [1.54, 1.807) is 0 Å². The third-order valence-corrected chi connectivity index (χ3v) is 4.04. The quantitative estimate of drug-likeness (QED) is 0.882. The molecule has 0 aliphatic heterocycles. The number of likely N-dealkylation sites (N-methyl/N-ethyl adjacent to an activating group) is 2. The summed E-state index contributed by atoms with van der Waals surface area (Å²) in [5, 5.41) is 12.6. The van der Waals surface area contributed by atoms with Crippen molar-refractivity contribution in [1.82, 2.24) is 9.80 Å². The number of hydrogen-bond donors (Lipinski definition) is 1. The highest BCUT2D eigenvalue weighted by Crippen LogP contribution is 2.28. The molecule has 0 fully saturated rings. The van der Waals surface area contributed by atoms with Crippen LogP contribution in [0.3, 0.4) is 0 Å². The van der Waals surface area contributed by atoms with Gasteiger partial charge in [-0.05, 0) is 44.4 Å². The number of fused-ring (bicyclic) bond motifs is 1. The van der Waals surface area contributed by atoms with Crippen LogP contribution in [0.4, 0.5) is 0 Å². The second-order valence-electron chi connectivity index (χ2n) is 5.96. The molecule has 0 saturated carbocycles. The number of nitrogens with zero attached hydrogens (tertiary/aromatic N) is 2. The van der Waals surface area contributed by atoms with Gasteiger partial charge in [-0.25, -0.2) is 0 Å². The van der Waals surface area contributed by atoms with Gasteiger partial charge in [0.25, 0.3) is 0 Å². The van der Waals surface area contributed by atoms with Crippen LogP contribution in [-0.4, -0.2) is 48.1 Å². The highest BCUT2D eigenvalue weighted by Gasteiger charge is 2.16. The van der Waals surface area contributed by atoms with Crippen LogP contribution in [0.1, 0.15) is 19.4 Å². The zero-order chi connectivity index (χ0) is 15.4. The number of phenols is 1. The molecule has 0 aliphatic carbocycles. The smallest absolute Gasteiger partial charge is 0.120 e. The Kier molecular flexibility index (Phi) is 5.21. The van der Waals surface area contributed by atoms with Gasteiger partial charge in [-0.15, -0.1) is 0 Å². The normalized spacial score (nSPS) is 13.2. The molecule has 0 heterocycles. The topological polar surface area (TPSA) is 26.7 Å². The molecular formula is C18H26N2O. The first-order valence-electron chi connectivity index (χ1n) is 7.61. The van der Waals surface area contributed by atoms with Gasteiger partial charge in [0.15, 0.2) is 0 Å². The molecule has 1 unspecified atom stereocenters. The lowest BCUT2D eigenvalue weighted by molar-refractivity contribution is 0.173. The van der Waals surface area contributed by atoms with Crippen molar-refractivity contribution in [2.24, 2.45) is 0 Å². The zero-order valence-electron chi connectivity index (χ0n) is 13.5. The Hall–Kier alpha value is -1.58. The van der Waals surface area contributed by atoms with Crippen molar-refractivity contribution in [3.63, 3.8) is 0 Å². The van der Waals surface area contributed by atoms with Crippen molar-refractivity contribution in [3.05, 3.63) is 42.0 Å². The van der Waals surface area contributed by atoms with Gasteiger partial charge in [0.2, 0.25) is 0 Å². The lowest BCUT2D eigenvalue weighted by Crippen LogP contribution is -2.39. The summed E-state index contributed by atoms with van der Waals surface area (Å²) in [6.45, 7) is 7.18. The highest BCUT2D eigenvalue weighted by atomic mass is 16.3. The Balaban J connectivity index is 2.31. The minimum Gasteiger partial charge on any atom is -0.508 e. The number of hydrogen-bond acceptors (Lipinski definition) is 3. The maximum Gasteiger partial charge on any atom is 0.120 e. The van der Waals surface area contributed by atoms with Crippen molar-refractivity contribution >= 4 is 10.8 Å². The molecule has 1 N–H and O–H groups in total. The van der Waals surface area contributed by atoms with Crippen LogP contribution < -0.4 is 0 Å². The average molecular weight is 286 g/mol. The van der Waals surface area contributed by atoms with Crippen molar-refractivity contribution in [2.45, 2.75) is 26.4 Å². The average Bonchev–Trinajstić information content (AvgIpc) is 2.45. The van der Waals surface area contributed by atoms with E-state index in [1.807, 2.05) is 24.3 Å². The molecule has 0 bridgehead atoms. The van der Waals surface area contributed by atoms with Crippen LogP contribution in [0.15, 0.2) is 36.4 Å². The van der Waals surface area contributed by atoms with Crippen molar-refractivity contribution < 1.29 is 5.11 Å². The summed E-state index contributed by atoms with van der Waals surface area (Å²) < 4.78 is 0. The molecule has 2 aromatic carbocycles. The van der Waals surface area contributed by atoms with Crippen LogP contribution in [-0.2, 0) is 6.54 Å². The maximum absolute atomic E-state index is 10.3.